The average molecular weight is 280 g/mol. The number of aryl methyl sites for hydroxylation is 1. The Labute approximate surface area is 123 Å². The van der Waals surface area contributed by atoms with Crippen molar-refractivity contribution < 1.29 is 4.39 Å². The van der Waals surface area contributed by atoms with Gasteiger partial charge in [0, 0.05) is 24.8 Å². The lowest BCUT2D eigenvalue weighted by Crippen LogP contribution is -2.30. The van der Waals surface area contributed by atoms with E-state index in [2.05, 4.69) is 25.7 Å². The fraction of sp³-hybridized carbons (Fsp3) is 0.647. The van der Waals surface area contributed by atoms with Crippen molar-refractivity contribution in [1.82, 2.24) is 0 Å². The Bertz CT molecular complexity index is 425. The second-order valence-electron chi connectivity index (χ2n) is 5.67. The molecule has 20 heavy (non-hydrogen) atoms. The summed E-state index contributed by atoms with van der Waals surface area (Å²) in [5.74, 6) is 0.501. The first-order valence-corrected chi connectivity index (χ1v) is 7.75. The summed E-state index contributed by atoms with van der Waals surface area (Å²) in [7, 11) is 0. The Morgan fingerprint density at radius 3 is 2.25 bits per heavy atom. The number of nitrogens with two attached hydrogens (primary N) is 1. The van der Waals surface area contributed by atoms with E-state index in [9.17, 15) is 4.39 Å². The molecule has 1 aromatic carbocycles. The highest BCUT2D eigenvalue weighted by Gasteiger charge is 2.17. The van der Waals surface area contributed by atoms with Gasteiger partial charge in [0.25, 0.3) is 0 Å². The summed E-state index contributed by atoms with van der Waals surface area (Å²) in [5.41, 5.74) is 8.71. The lowest BCUT2D eigenvalue weighted by molar-refractivity contribution is 0.485. The Kier molecular flexibility index (Phi) is 6.47. The molecule has 0 aliphatic heterocycles. The number of nitrogens with zero attached hydrogens (tertiary/aromatic N) is 1. The summed E-state index contributed by atoms with van der Waals surface area (Å²) in [4.78, 5) is 2.34. The van der Waals surface area contributed by atoms with Crippen LogP contribution in [0.15, 0.2) is 12.1 Å². The maximum absolute atomic E-state index is 13.8. The highest BCUT2D eigenvalue weighted by molar-refractivity contribution is 5.57. The van der Waals surface area contributed by atoms with Gasteiger partial charge in [-0.25, -0.2) is 4.39 Å². The monoisotopic (exact) mass is 280 g/mol. The molecule has 0 saturated carbocycles. The summed E-state index contributed by atoms with van der Waals surface area (Å²) in [6, 6.07) is 3.39. The number of hydrogen-bond donors (Lipinski definition) is 1. The molecule has 0 unspecified atom stereocenters. The van der Waals surface area contributed by atoms with Gasteiger partial charge in [0.2, 0.25) is 0 Å². The third-order valence-corrected chi connectivity index (χ3v) is 4.15. The lowest BCUT2D eigenvalue weighted by atomic mass is 9.99. The molecule has 0 fully saturated rings. The molecular weight excluding hydrogens is 251 g/mol. The van der Waals surface area contributed by atoms with E-state index in [0.717, 1.165) is 24.3 Å². The maximum Gasteiger partial charge on any atom is 0.126 e. The summed E-state index contributed by atoms with van der Waals surface area (Å²) in [6.07, 6.45) is 2.33. The zero-order chi connectivity index (χ0) is 15.3. The molecule has 0 aromatic heterocycles. The fourth-order valence-electron chi connectivity index (χ4n) is 2.58. The second-order valence-corrected chi connectivity index (χ2v) is 5.67. The zero-order valence-electron chi connectivity index (χ0n) is 13.5. The maximum atomic E-state index is 13.8. The molecule has 2 N–H and O–H groups in total. The number of anilines is 1. The van der Waals surface area contributed by atoms with Crippen LogP contribution in [0.25, 0.3) is 0 Å². The van der Waals surface area contributed by atoms with Crippen LogP contribution in [0.1, 0.15) is 57.7 Å². The van der Waals surface area contributed by atoms with E-state index in [-0.39, 0.29) is 11.9 Å². The average Bonchev–Trinajstić information content (AvgIpc) is 2.43. The third kappa shape index (κ3) is 3.95. The minimum atomic E-state index is -0.167. The van der Waals surface area contributed by atoms with Crippen LogP contribution in [0, 0.1) is 18.7 Å². The van der Waals surface area contributed by atoms with Gasteiger partial charge in [-0.05, 0) is 49.9 Å². The summed E-state index contributed by atoms with van der Waals surface area (Å²) < 4.78 is 13.8. The van der Waals surface area contributed by atoms with E-state index in [4.69, 9.17) is 5.73 Å². The minimum Gasteiger partial charge on any atom is -0.371 e. The van der Waals surface area contributed by atoms with Gasteiger partial charge in [-0.2, -0.15) is 0 Å². The highest BCUT2D eigenvalue weighted by atomic mass is 19.1. The molecule has 0 aliphatic rings. The first kappa shape index (κ1) is 17.0. The van der Waals surface area contributed by atoms with E-state index in [1.54, 1.807) is 6.07 Å². The summed E-state index contributed by atoms with van der Waals surface area (Å²) in [5, 5.41) is 0. The predicted molar refractivity (Wildman–Crippen MR) is 85.7 cm³/mol. The third-order valence-electron chi connectivity index (χ3n) is 4.15. The molecule has 3 heteroatoms. The van der Waals surface area contributed by atoms with Crippen molar-refractivity contribution in [2.24, 2.45) is 11.7 Å². The van der Waals surface area contributed by atoms with Crippen molar-refractivity contribution in [2.75, 3.05) is 18.0 Å². The molecule has 0 amide bonds. The van der Waals surface area contributed by atoms with Gasteiger partial charge < -0.3 is 10.6 Å². The van der Waals surface area contributed by atoms with Gasteiger partial charge in [-0.3, -0.25) is 0 Å². The summed E-state index contributed by atoms with van der Waals surface area (Å²) >= 11 is 0. The quantitative estimate of drug-likeness (QED) is 0.801. The molecular formula is C17H29FN2. The van der Waals surface area contributed by atoms with E-state index in [0.29, 0.717) is 11.5 Å². The Hall–Kier alpha value is -1.09. The predicted octanol–water partition coefficient (Wildman–Crippen LogP) is 4.42. The van der Waals surface area contributed by atoms with E-state index in [1.807, 2.05) is 19.9 Å². The van der Waals surface area contributed by atoms with Crippen LogP contribution in [-0.4, -0.2) is 13.1 Å². The lowest BCUT2D eigenvalue weighted by Gasteiger charge is -2.30. The molecule has 1 atom stereocenters. The number of benzene rings is 1. The first-order chi connectivity index (χ1) is 9.44. The second kappa shape index (κ2) is 7.63. The highest BCUT2D eigenvalue weighted by Crippen LogP contribution is 2.29. The molecule has 2 nitrogen and oxygen atoms in total. The molecule has 0 spiro atoms. The van der Waals surface area contributed by atoms with Gasteiger partial charge in [-0.15, -0.1) is 0 Å². The van der Waals surface area contributed by atoms with Crippen LogP contribution in [0.3, 0.4) is 0 Å². The Morgan fingerprint density at radius 2 is 1.80 bits per heavy atom. The van der Waals surface area contributed by atoms with Crippen LogP contribution >= 0.6 is 0 Å². The van der Waals surface area contributed by atoms with Crippen molar-refractivity contribution >= 4 is 5.69 Å². The number of rotatable bonds is 7. The van der Waals surface area contributed by atoms with Gasteiger partial charge >= 0.3 is 0 Å². The molecule has 1 aromatic rings. The van der Waals surface area contributed by atoms with Crippen molar-refractivity contribution in [2.45, 2.75) is 53.5 Å². The van der Waals surface area contributed by atoms with Gasteiger partial charge in [0.1, 0.15) is 5.82 Å². The van der Waals surface area contributed by atoms with Crippen LogP contribution in [-0.2, 0) is 0 Å². The molecule has 0 heterocycles. The van der Waals surface area contributed by atoms with Crippen LogP contribution in [0.4, 0.5) is 10.1 Å². The smallest absolute Gasteiger partial charge is 0.126 e. The molecule has 0 bridgehead atoms. The Balaban J connectivity index is 3.16. The zero-order valence-corrected chi connectivity index (χ0v) is 13.5. The van der Waals surface area contributed by atoms with E-state index >= 15 is 0 Å². The largest absolute Gasteiger partial charge is 0.371 e. The van der Waals surface area contributed by atoms with Gasteiger partial charge in [0.05, 0.1) is 0 Å². The number of halogens is 1. The normalized spacial score (nSPS) is 12.8. The molecule has 0 radical (unpaired) electrons. The first-order valence-electron chi connectivity index (χ1n) is 7.75. The van der Waals surface area contributed by atoms with Gasteiger partial charge in [0.15, 0.2) is 0 Å². The molecule has 0 saturated heterocycles. The SMILES string of the molecule is CCC(CC)CN(CC)c1cc(C)c(F)cc1[C@H](C)N. The topological polar surface area (TPSA) is 29.3 Å². The van der Waals surface area contributed by atoms with Crippen LogP contribution < -0.4 is 10.6 Å². The standard InChI is InChI=1S/C17H29FN2/c1-6-14(7-2)11-20(8-3)17-9-12(4)16(18)10-15(17)13(5)19/h9-10,13-14H,6-8,11,19H2,1-5H3/t13-/m0/s1. The van der Waals surface area contributed by atoms with Crippen LogP contribution in [0.5, 0.6) is 0 Å². The van der Waals surface area contributed by atoms with Crippen molar-refractivity contribution in [3.63, 3.8) is 0 Å². The Morgan fingerprint density at radius 1 is 1.20 bits per heavy atom. The number of hydrogen-bond acceptors (Lipinski definition) is 2. The van der Waals surface area contributed by atoms with Crippen molar-refractivity contribution in [1.29, 1.82) is 0 Å². The van der Waals surface area contributed by atoms with Gasteiger partial charge in [-0.1, -0.05) is 26.7 Å². The molecule has 0 aliphatic carbocycles. The van der Waals surface area contributed by atoms with Crippen molar-refractivity contribution in [3.8, 4) is 0 Å². The molecule has 1 rings (SSSR count). The summed E-state index contributed by atoms with van der Waals surface area (Å²) in [6.45, 7) is 12.3. The van der Waals surface area contributed by atoms with E-state index < -0.39 is 0 Å². The van der Waals surface area contributed by atoms with Crippen LogP contribution in [0.2, 0.25) is 0 Å². The molecule has 114 valence electrons. The van der Waals surface area contributed by atoms with Crippen molar-refractivity contribution in [3.05, 3.63) is 29.1 Å². The fourth-order valence-corrected chi connectivity index (χ4v) is 2.58. The minimum absolute atomic E-state index is 0.157. The van der Waals surface area contributed by atoms with E-state index in [1.165, 1.54) is 12.8 Å².